The van der Waals surface area contributed by atoms with Crippen molar-refractivity contribution in [1.82, 2.24) is 4.31 Å². The molecular weight excluding hydrogens is 284 g/mol. The lowest BCUT2D eigenvalue weighted by molar-refractivity contribution is 0.129. The molecule has 1 aliphatic heterocycles. The molecule has 2 aliphatic rings. The molecule has 5 heteroatoms. The molecule has 0 bridgehead atoms. The summed E-state index contributed by atoms with van der Waals surface area (Å²) in [6.07, 6.45) is 6.74. The van der Waals surface area contributed by atoms with Gasteiger partial charge in [-0.05, 0) is 62.3 Å². The van der Waals surface area contributed by atoms with Crippen molar-refractivity contribution >= 4 is 15.7 Å². The van der Waals surface area contributed by atoms with E-state index in [1.165, 1.54) is 19.3 Å². The molecule has 1 aromatic carbocycles. The summed E-state index contributed by atoms with van der Waals surface area (Å²) in [5.41, 5.74) is 7.10. The van der Waals surface area contributed by atoms with Crippen LogP contribution in [0.1, 0.15) is 44.1 Å². The van der Waals surface area contributed by atoms with Crippen LogP contribution in [0, 0.1) is 12.8 Å². The van der Waals surface area contributed by atoms with E-state index in [0.717, 1.165) is 24.8 Å². The van der Waals surface area contributed by atoms with Gasteiger partial charge in [0, 0.05) is 18.3 Å². The van der Waals surface area contributed by atoms with E-state index in [-0.39, 0.29) is 6.04 Å². The second kappa shape index (κ2) is 5.61. The first kappa shape index (κ1) is 14.9. The Balaban J connectivity index is 1.96. The summed E-state index contributed by atoms with van der Waals surface area (Å²) in [4.78, 5) is 0.419. The van der Waals surface area contributed by atoms with E-state index >= 15 is 0 Å². The maximum Gasteiger partial charge on any atom is 0.243 e. The van der Waals surface area contributed by atoms with E-state index in [4.69, 9.17) is 5.73 Å². The minimum Gasteiger partial charge on any atom is -0.399 e. The van der Waals surface area contributed by atoms with E-state index in [9.17, 15) is 8.42 Å². The fourth-order valence-electron chi connectivity index (χ4n) is 3.97. The SMILES string of the molecule is Cc1cc(N)ccc1S(=O)(=O)N1CCC[C@H]2CCCC[C@H]21. The highest BCUT2D eigenvalue weighted by molar-refractivity contribution is 7.89. The summed E-state index contributed by atoms with van der Waals surface area (Å²) < 4.78 is 27.9. The normalized spacial score (nSPS) is 27.3. The first-order chi connectivity index (χ1) is 10.00. The van der Waals surface area contributed by atoms with E-state index < -0.39 is 10.0 Å². The number of aryl methyl sites for hydroxylation is 1. The molecule has 2 fully saturated rings. The van der Waals surface area contributed by atoms with Crippen LogP contribution < -0.4 is 5.73 Å². The summed E-state index contributed by atoms with van der Waals surface area (Å²) >= 11 is 0. The topological polar surface area (TPSA) is 63.4 Å². The van der Waals surface area contributed by atoms with Gasteiger partial charge in [-0.3, -0.25) is 0 Å². The molecule has 1 aliphatic carbocycles. The zero-order chi connectivity index (χ0) is 15.0. The lowest BCUT2D eigenvalue weighted by Crippen LogP contribution is -2.49. The third-order valence-corrected chi connectivity index (χ3v) is 7.06. The maximum atomic E-state index is 13.1. The average Bonchev–Trinajstić information content (AvgIpc) is 2.46. The molecule has 0 amide bonds. The highest BCUT2D eigenvalue weighted by Crippen LogP contribution is 2.38. The van der Waals surface area contributed by atoms with Crippen molar-refractivity contribution < 1.29 is 8.42 Å². The lowest BCUT2D eigenvalue weighted by atomic mass is 9.79. The second-order valence-corrected chi connectivity index (χ2v) is 8.25. The Morgan fingerprint density at radius 2 is 1.86 bits per heavy atom. The molecule has 2 N–H and O–H groups in total. The first-order valence-electron chi connectivity index (χ1n) is 7.88. The van der Waals surface area contributed by atoms with Gasteiger partial charge in [0.15, 0.2) is 0 Å². The van der Waals surface area contributed by atoms with E-state index in [1.54, 1.807) is 22.5 Å². The number of hydrogen-bond acceptors (Lipinski definition) is 3. The van der Waals surface area contributed by atoms with Crippen molar-refractivity contribution in [1.29, 1.82) is 0 Å². The van der Waals surface area contributed by atoms with Gasteiger partial charge in [0.05, 0.1) is 4.90 Å². The van der Waals surface area contributed by atoms with Crippen LogP contribution in [0.4, 0.5) is 5.69 Å². The van der Waals surface area contributed by atoms with Crippen molar-refractivity contribution in [2.45, 2.75) is 56.4 Å². The van der Waals surface area contributed by atoms with Gasteiger partial charge in [0.2, 0.25) is 10.0 Å². The number of piperidine rings is 1. The minimum absolute atomic E-state index is 0.203. The van der Waals surface area contributed by atoms with Crippen LogP contribution in [-0.2, 0) is 10.0 Å². The highest BCUT2D eigenvalue weighted by Gasteiger charge is 2.40. The van der Waals surface area contributed by atoms with Crippen LogP contribution in [0.3, 0.4) is 0 Å². The molecular formula is C16H24N2O2S. The summed E-state index contributed by atoms with van der Waals surface area (Å²) in [5, 5.41) is 0. The number of hydrogen-bond donors (Lipinski definition) is 1. The third kappa shape index (κ3) is 2.69. The van der Waals surface area contributed by atoms with Crippen molar-refractivity contribution in [3.63, 3.8) is 0 Å². The lowest BCUT2D eigenvalue weighted by Gasteiger charge is -2.43. The van der Waals surface area contributed by atoms with Crippen LogP contribution >= 0.6 is 0 Å². The number of fused-ring (bicyclic) bond motifs is 1. The average molecular weight is 308 g/mol. The molecule has 116 valence electrons. The first-order valence-corrected chi connectivity index (χ1v) is 9.32. The van der Waals surface area contributed by atoms with Gasteiger partial charge in [0.25, 0.3) is 0 Å². The molecule has 21 heavy (non-hydrogen) atoms. The molecule has 0 radical (unpaired) electrons. The van der Waals surface area contributed by atoms with Crippen molar-refractivity contribution in [2.75, 3.05) is 12.3 Å². The van der Waals surface area contributed by atoms with Crippen LogP contribution in [0.15, 0.2) is 23.1 Å². The number of rotatable bonds is 2. The van der Waals surface area contributed by atoms with E-state index in [0.29, 0.717) is 23.0 Å². The Morgan fingerprint density at radius 1 is 1.14 bits per heavy atom. The number of anilines is 1. The predicted octanol–water partition coefficient (Wildman–Crippen LogP) is 2.92. The van der Waals surface area contributed by atoms with Crippen molar-refractivity contribution in [3.05, 3.63) is 23.8 Å². The van der Waals surface area contributed by atoms with Crippen molar-refractivity contribution in [2.24, 2.45) is 5.92 Å². The predicted molar refractivity (Wildman–Crippen MR) is 84.5 cm³/mol. The van der Waals surface area contributed by atoms with Crippen LogP contribution in [0.25, 0.3) is 0 Å². The number of nitrogens with zero attached hydrogens (tertiary/aromatic N) is 1. The van der Waals surface area contributed by atoms with Gasteiger partial charge in [-0.2, -0.15) is 4.31 Å². The molecule has 0 unspecified atom stereocenters. The molecule has 1 saturated heterocycles. The number of nitrogen functional groups attached to an aromatic ring is 1. The quantitative estimate of drug-likeness (QED) is 0.854. The fourth-order valence-corrected chi connectivity index (χ4v) is 5.93. The van der Waals surface area contributed by atoms with E-state index in [2.05, 4.69) is 0 Å². The molecule has 0 spiro atoms. The smallest absolute Gasteiger partial charge is 0.243 e. The summed E-state index contributed by atoms with van der Waals surface area (Å²) in [5.74, 6) is 0.552. The standard InChI is InChI=1S/C16H24N2O2S/c1-12-11-14(17)8-9-16(12)21(19,20)18-10-4-6-13-5-2-3-7-15(13)18/h8-9,11,13,15H,2-7,10,17H2,1H3/t13-,15-/m1/s1. The molecule has 3 rings (SSSR count). The van der Waals surface area contributed by atoms with Gasteiger partial charge >= 0.3 is 0 Å². The van der Waals surface area contributed by atoms with Crippen LogP contribution in [-0.4, -0.2) is 25.3 Å². The Labute approximate surface area is 127 Å². The second-order valence-electron chi connectivity index (χ2n) is 6.39. The Kier molecular flexibility index (Phi) is 3.97. The zero-order valence-corrected chi connectivity index (χ0v) is 13.4. The maximum absolute atomic E-state index is 13.1. The monoisotopic (exact) mass is 308 g/mol. The number of nitrogens with two attached hydrogens (primary N) is 1. The Hall–Kier alpha value is -1.07. The third-order valence-electron chi connectivity index (χ3n) is 4.98. The van der Waals surface area contributed by atoms with Crippen molar-refractivity contribution in [3.8, 4) is 0 Å². The number of benzene rings is 1. The summed E-state index contributed by atoms with van der Waals surface area (Å²) in [7, 11) is -3.40. The van der Waals surface area contributed by atoms with Crippen LogP contribution in [0.2, 0.25) is 0 Å². The van der Waals surface area contributed by atoms with Gasteiger partial charge in [-0.25, -0.2) is 8.42 Å². The highest BCUT2D eigenvalue weighted by atomic mass is 32.2. The minimum atomic E-state index is -3.40. The Morgan fingerprint density at radius 3 is 2.62 bits per heavy atom. The molecule has 2 atom stereocenters. The number of sulfonamides is 1. The summed E-state index contributed by atoms with van der Waals surface area (Å²) in [6, 6.07) is 5.29. The Bertz CT molecular complexity index is 625. The molecule has 0 aromatic heterocycles. The molecule has 1 aromatic rings. The van der Waals surface area contributed by atoms with E-state index in [1.807, 2.05) is 6.92 Å². The van der Waals surface area contributed by atoms with Gasteiger partial charge in [-0.15, -0.1) is 0 Å². The van der Waals surface area contributed by atoms with Crippen LogP contribution in [0.5, 0.6) is 0 Å². The molecule has 1 heterocycles. The summed E-state index contributed by atoms with van der Waals surface area (Å²) in [6.45, 7) is 2.48. The van der Waals surface area contributed by atoms with Gasteiger partial charge in [-0.1, -0.05) is 12.8 Å². The molecule has 1 saturated carbocycles. The largest absolute Gasteiger partial charge is 0.399 e. The molecule has 4 nitrogen and oxygen atoms in total. The van der Waals surface area contributed by atoms with Gasteiger partial charge in [0.1, 0.15) is 0 Å². The fraction of sp³-hybridized carbons (Fsp3) is 0.625. The van der Waals surface area contributed by atoms with Gasteiger partial charge < -0.3 is 5.73 Å². The zero-order valence-electron chi connectivity index (χ0n) is 12.6.